The van der Waals surface area contributed by atoms with Crippen LogP contribution in [0.3, 0.4) is 0 Å². The Bertz CT molecular complexity index is 1810. The number of ketones is 2. The molecule has 0 saturated heterocycles. The Morgan fingerprint density at radius 1 is 0.459 bits per heavy atom. The summed E-state index contributed by atoms with van der Waals surface area (Å²) in [4.78, 5) is 30.8. The Kier molecular flexibility index (Phi) is 4.95. The molecule has 3 nitrogen and oxygen atoms in total. The first-order chi connectivity index (χ1) is 18.2. The van der Waals surface area contributed by atoms with Gasteiger partial charge in [0.1, 0.15) is 5.01 Å². The van der Waals surface area contributed by atoms with E-state index in [1.54, 1.807) is 41.7 Å². The second kappa shape index (κ2) is 8.47. The van der Waals surface area contributed by atoms with Gasteiger partial charge in [-0.2, -0.15) is 0 Å². The van der Waals surface area contributed by atoms with Gasteiger partial charge >= 0.3 is 0 Å². The predicted octanol–water partition coefficient (Wildman–Crippen LogP) is 8.07. The van der Waals surface area contributed by atoms with Crippen molar-refractivity contribution in [1.82, 2.24) is 4.98 Å². The van der Waals surface area contributed by atoms with E-state index in [1.807, 2.05) is 30.3 Å². The number of benzene rings is 5. The summed E-state index contributed by atoms with van der Waals surface area (Å²) in [5.41, 5.74) is 8.17. The zero-order valence-corrected chi connectivity index (χ0v) is 20.5. The number of thiazole rings is 1. The van der Waals surface area contributed by atoms with Gasteiger partial charge in [-0.1, -0.05) is 91.0 Å². The molecule has 0 radical (unpaired) electrons. The number of rotatable bonds is 3. The molecule has 0 bridgehead atoms. The molecule has 174 valence electrons. The SMILES string of the molecule is O=C1c2ccccc2C(=O)c2cc(-c3ccc(-c4ccc(-c5nc6ccccc6s5)cc4)cc3)ccc21. The fourth-order valence-corrected chi connectivity index (χ4v) is 5.91. The summed E-state index contributed by atoms with van der Waals surface area (Å²) in [6, 6.07) is 37.5. The molecule has 1 heterocycles. The molecule has 1 aromatic heterocycles. The molecule has 0 N–H and O–H groups in total. The maximum Gasteiger partial charge on any atom is 0.194 e. The van der Waals surface area contributed by atoms with E-state index in [-0.39, 0.29) is 11.6 Å². The van der Waals surface area contributed by atoms with Gasteiger partial charge in [-0.05, 0) is 46.5 Å². The van der Waals surface area contributed by atoms with Crippen molar-refractivity contribution in [2.75, 3.05) is 0 Å². The number of hydrogen-bond acceptors (Lipinski definition) is 4. The van der Waals surface area contributed by atoms with Crippen molar-refractivity contribution in [2.45, 2.75) is 0 Å². The van der Waals surface area contributed by atoms with Gasteiger partial charge in [0.25, 0.3) is 0 Å². The average molecular weight is 494 g/mol. The van der Waals surface area contributed by atoms with Crippen LogP contribution in [-0.2, 0) is 0 Å². The van der Waals surface area contributed by atoms with E-state index in [4.69, 9.17) is 4.98 Å². The van der Waals surface area contributed by atoms with Crippen LogP contribution in [0.5, 0.6) is 0 Å². The molecule has 1 aliphatic carbocycles. The van der Waals surface area contributed by atoms with E-state index in [9.17, 15) is 9.59 Å². The van der Waals surface area contributed by atoms with Crippen molar-refractivity contribution < 1.29 is 9.59 Å². The van der Waals surface area contributed by atoms with Gasteiger partial charge in [0.05, 0.1) is 10.2 Å². The monoisotopic (exact) mass is 493 g/mol. The van der Waals surface area contributed by atoms with Crippen LogP contribution in [-0.4, -0.2) is 16.6 Å². The predicted molar refractivity (Wildman–Crippen MR) is 149 cm³/mol. The summed E-state index contributed by atoms with van der Waals surface area (Å²) in [6.45, 7) is 0. The van der Waals surface area contributed by atoms with E-state index in [2.05, 4.69) is 54.6 Å². The topological polar surface area (TPSA) is 47.0 Å². The first kappa shape index (κ1) is 21.6. The molecule has 6 aromatic rings. The lowest BCUT2D eigenvalue weighted by Gasteiger charge is -2.18. The lowest BCUT2D eigenvalue weighted by Crippen LogP contribution is -2.20. The van der Waals surface area contributed by atoms with Crippen molar-refractivity contribution in [2.24, 2.45) is 0 Å². The summed E-state index contributed by atoms with van der Waals surface area (Å²) in [6.07, 6.45) is 0. The highest BCUT2D eigenvalue weighted by atomic mass is 32.1. The number of para-hydroxylation sites is 1. The Balaban J connectivity index is 1.17. The van der Waals surface area contributed by atoms with Gasteiger partial charge in [0, 0.05) is 27.8 Å². The molecule has 0 saturated carbocycles. The molecule has 0 amide bonds. The van der Waals surface area contributed by atoms with Crippen LogP contribution in [0.4, 0.5) is 0 Å². The minimum atomic E-state index is -0.100. The van der Waals surface area contributed by atoms with Crippen molar-refractivity contribution in [3.63, 3.8) is 0 Å². The lowest BCUT2D eigenvalue weighted by molar-refractivity contribution is 0.0979. The molecular formula is C33H19NO2S. The number of aromatic nitrogens is 1. The minimum Gasteiger partial charge on any atom is -0.289 e. The third-order valence-corrected chi connectivity index (χ3v) is 7.99. The molecule has 0 spiro atoms. The summed E-state index contributed by atoms with van der Waals surface area (Å²) < 4.78 is 1.19. The third kappa shape index (κ3) is 3.62. The Morgan fingerprint density at radius 3 is 1.59 bits per heavy atom. The molecule has 0 atom stereocenters. The summed E-state index contributed by atoms with van der Waals surface area (Å²) in [5, 5.41) is 1.02. The molecular weight excluding hydrogens is 474 g/mol. The van der Waals surface area contributed by atoms with Crippen molar-refractivity contribution in [3.05, 3.63) is 138 Å². The van der Waals surface area contributed by atoms with Crippen LogP contribution in [0.2, 0.25) is 0 Å². The number of nitrogens with zero attached hydrogens (tertiary/aromatic N) is 1. The van der Waals surface area contributed by atoms with Crippen molar-refractivity contribution >= 4 is 33.1 Å². The van der Waals surface area contributed by atoms with E-state index in [1.165, 1.54) is 4.70 Å². The van der Waals surface area contributed by atoms with Gasteiger partial charge in [-0.25, -0.2) is 4.98 Å². The minimum absolute atomic E-state index is 0.0959. The first-order valence-electron chi connectivity index (χ1n) is 12.0. The number of fused-ring (bicyclic) bond motifs is 3. The maximum atomic E-state index is 13.1. The standard InChI is InChI=1S/C33H19NO2S/c35-31-25-5-1-2-6-26(25)32(36)28-19-24(17-18-27(28)31)22-11-9-20(10-12-22)21-13-15-23(16-14-21)33-34-29-7-3-4-8-30(29)37-33/h1-19H. The highest BCUT2D eigenvalue weighted by Crippen LogP contribution is 2.34. The zero-order valence-electron chi connectivity index (χ0n) is 19.6. The molecule has 0 aliphatic heterocycles. The normalized spacial score (nSPS) is 12.4. The smallest absolute Gasteiger partial charge is 0.194 e. The van der Waals surface area contributed by atoms with Crippen LogP contribution in [0.15, 0.2) is 115 Å². The van der Waals surface area contributed by atoms with Crippen LogP contribution >= 0.6 is 11.3 Å². The van der Waals surface area contributed by atoms with Gasteiger partial charge < -0.3 is 0 Å². The molecule has 1 aliphatic rings. The fraction of sp³-hybridized carbons (Fsp3) is 0. The van der Waals surface area contributed by atoms with Gasteiger partial charge in [0.2, 0.25) is 0 Å². The highest BCUT2D eigenvalue weighted by molar-refractivity contribution is 7.21. The Labute approximate surface area is 217 Å². The van der Waals surface area contributed by atoms with E-state index < -0.39 is 0 Å². The lowest BCUT2D eigenvalue weighted by atomic mass is 9.83. The Morgan fingerprint density at radius 2 is 0.946 bits per heavy atom. The van der Waals surface area contributed by atoms with Gasteiger partial charge in [0.15, 0.2) is 11.6 Å². The van der Waals surface area contributed by atoms with Crippen molar-refractivity contribution in [1.29, 1.82) is 0 Å². The van der Waals surface area contributed by atoms with Crippen LogP contribution in [0.1, 0.15) is 31.8 Å². The number of carbonyl (C=O) groups excluding carboxylic acids is 2. The van der Waals surface area contributed by atoms with Crippen molar-refractivity contribution in [3.8, 4) is 32.8 Å². The molecule has 0 fully saturated rings. The average Bonchev–Trinajstić information content (AvgIpc) is 3.40. The van der Waals surface area contributed by atoms with Gasteiger partial charge in [-0.3, -0.25) is 9.59 Å². The second-order valence-electron chi connectivity index (χ2n) is 9.11. The van der Waals surface area contributed by atoms with Crippen LogP contribution in [0.25, 0.3) is 43.0 Å². The summed E-state index contributed by atoms with van der Waals surface area (Å²) >= 11 is 1.70. The second-order valence-corrected chi connectivity index (χ2v) is 10.1. The molecule has 7 rings (SSSR count). The molecule has 37 heavy (non-hydrogen) atoms. The summed E-state index contributed by atoms with van der Waals surface area (Å²) in [5.74, 6) is -0.196. The zero-order chi connectivity index (χ0) is 24.9. The van der Waals surface area contributed by atoms with Gasteiger partial charge in [-0.15, -0.1) is 11.3 Å². The first-order valence-corrected chi connectivity index (χ1v) is 12.9. The number of carbonyl (C=O) groups is 2. The molecule has 5 aromatic carbocycles. The largest absolute Gasteiger partial charge is 0.289 e. The summed E-state index contributed by atoms with van der Waals surface area (Å²) in [7, 11) is 0. The molecule has 0 unspecified atom stereocenters. The Hall–Kier alpha value is -4.67. The highest BCUT2D eigenvalue weighted by Gasteiger charge is 2.29. The van der Waals surface area contributed by atoms with Crippen LogP contribution < -0.4 is 0 Å². The number of hydrogen-bond donors (Lipinski definition) is 0. The third-order valence-electron chi connectivity index (χ3n) is 6.90. The molecule has 4 heteroatoms. The van der Waals surface area contributed by atoms with E-state index in [0.29, 0.717) is 22.3 Å². The van der Waals surface area contributed by atoms with E-state index >= 15 is 0 Å². The maximum absolute atomic E-state index is 13.1. The fourth-order valence-electron chi connectivity index (χ4n) is 4.94. The van der Waals surface area contributed by atoms with Crippen LogP contribution in [0, 0.1) is 0 Å². The quantitative estimate of drug-likeness (QED) is 0.250. The van der Waals surface area contributed by atoms with E-state index in [0.717, 1.165) is 38.3 Å².